The summed E-state index contributed by atoms with van der Waals surface area (Å²) in [5.74, 6) is 1.47. The van der Waals surface area contributed by atoms with Gasteiger partial charge in [-0.1, -0.05) is 121 Å². The van der Waals surface area contributed by atoms with Crippen LogP contribution in [-0.2, 0) is 0 Å². The lowest BCUT2D eigenvalue weighted by Gasteiger charge is -2.29. The molecule has 0 atom stereocenters. The van der Waals surface area contributed by atoms with E-state index in [0.717, 1.165) is 31.8 Å². The van der Waals surface area contributed by atoms with Crippen molar-refractivity contribution in [2.75, 3.05) is 14.2 Å². The number of ether oxygens (including phenoxy) is 2. The van der Waals surface area contributed by atoms with E-state index in [4.69, 9.17) is 9.47 Å². The van der Waals surface area contributed by atoms with E-state index >= 15 is 0 Å². The van der Waals surface area contributed by atoms with Gasteiger partial charge in [-0.3, -0.25) is 0 Å². The standard InChI is InChI=1S/C38H32O4P2/c1-41-33-25-23-31(39)37(43(27-15-7-3-8-16-27)28-17-9-4-10-18-28)35(33)36-34(42-2)26-24-32(40)38(36)44(29-19-11-5-12-20-29)30-21-13-6-14-22-30/h3-26,39-40H,1-2H3. The molecule has 0 radical (unpaired) electrons. The van der Waals surface area contributed by atoms with Crippen LogP contribution in [0, 0.1) is 0 Å². The van der Waals surface area contributed by atoms with Gasteiger partial charge in [0.15, 0.2) is 0 Å². The highest BCUT2D eigenvalue weighted by Gasteiger charge is 2.33. The molecule has 6 aromatic carbocycles. The molecule has 0 aliphatic carbocycles. The third kappa shape index (κ3) is 5.67. The maximum absolute atomic E-state index is 11.8. The van der Waals surface area contributed by atoms with Crippen molar-refractivity contribution >= 4 is 47.7 Å². The van der Waals surface area contributed by atoms with Crippen molar-refractivity contribution in [3.05, 3.63) is 146 Å². The third-order valence-corrected chi connectivity index (χ3v) is 12.5. The van der Waals surface area contributed by atoms with Gasteiger partial charge in [0.05, 0.1) is 14.2 Å². The van der Waals surface area contributed by atoms with Crippen LogP contribution in [0.3, 0.4) is 0 Å². The number of phenols is 2. The molecule has 0 aliphatic heterocycles. The molecule has 218 valence electrons. The van der Waals surface area contributed by atoms with Crippen molar-refractivity contribution < 1.29 is 19.7 Å². The minimum Gasteiger partial charge on any atom is -0.507 e. The molecule has 0 bridgehead atoms. The summed E-state index contributed by atoms with van der Waals surface area (Å²) < 4.78 is 12.1. The number of aromatic hydroxyl groups is 2. The first-order valence-electron chi connectivity index (χ1n) is 14.2. The van der Waals surface area contributed by atoms with Crippen LogP contribution >= 0.6 is 15.8 Å². The zero-order valence-electron chi connectivity index (χ0n) is 24.5. The SMILES string of the molecule is COc1ccc(O)c(P(c2ccccc2)c2ccccc2)c1-c1c(OC)ccc(O)c1P(c1ccccc1)c1ccccc1. The number of benzene rings is 6. The van der Waals surface area contributed by atoms with Crippen LogP contribution in [-0.4, -0.2) is 24.4 Å². The van der Waals surface area contributed by atoms with Crippen molar-refractivity contribution in [1.82, 2.24) is 0 Å². The van der Waals surface area contributed by atoms with Crippen molar-refractivity contribution in [2.45, 2.75) is 0 Å². The largest absolute Gasteiger partial charge is 0.507 e. The van der Waals surface area contributed by atoms with Crippen LogP contribution in [0.1, 0.15) is 0 Å². The highest BCUT2D eigenvalue weighted by Crippen LogP contribution is 2.50. The maximum Gasteiger partial charge on any atom is 0.127 e. The molecule has 0 amide bonds. The number of hydrogen-bond acceptors (Lipinski definition) is 4. The quantitative estimate of drug-likeness (QED) is 0.188. The minimum atomic E-state index is -1.26. The summed E-state index contributed by atoms with van der Waals surface area (Å²) in [7, 11) is 0.755. The summed E-state index contributed by atoms with van der Waals surface area (Å²) in [4.78, 5) is 0. The van der Waals surface area contributed by atoms with Crippen LogP contribution in [0.2, 0.25) is 0 Å². The second-order valence-corrected chi connectivity index (χ2v) is 14.3. The van der Waals surface area contributed by atoms with Gasteiger partial charge in [0, 0.05) is 21.7 Å². The van der Waals surface area contributed by atoms with Crippen molar-refractivity contribution in [3.63, 3.8) is 0 Å². The van der Waals surface area contributed by atoms with Crippen LogP contribution < -0.4 is 41.3 Å². The van der Waals surface area contributed by atoms with Gasteiger partial charge in [0.2, 0.25) is 0 Å². The zero-order chi connectivity index (χ0) is 30.5. The molecule has 0 aromatic heterocycles. The molecule has 6 aromatic rings. The van der Waals surface area contributed by atoms with E-state index in [1.807, 2.05) is 72.8 Å². The fourth-order valence-electron chi connectivity index (χ4n) is 5.52. The predicted octanol–water partition coefficient (Wildman–Crippen LogP) is 6.30. The molecule has 6 heteroatoms. The number of hydrogen-bond donors (Lipinski definition) is 2. The van der Waals surface area contributed by atoms with Gasteiger partial charge >= 0.3 is 0 Å². The van der Waals surface area contributed by atoms with Gasteiger partial charge in [-0.05, 0) is 61.3 Å². The topological polar surface area (TPSA) is 58.9 Å². The Morgan fingerprint density at radius 1 is 0.386 bits per heavy atom. The predicted molar refractivity (Wildman–Crippen MR) is 186 cm³/mol. The summed E-state index contributed by atoms with van der Waals surface area (Å²) in [5, 5.41) is 29.4. The molecule has 4 nitrogen and oxygen atoms in total. The summed E-state index contributed by atoms with van der Waals surface area (Å²) in [6.45, 7) is 0. The Kier molecular flexibility index (Phi) is 8.94. The van der Waals surface area contributed by atoms with E-state index in [1.165, 1.54) is 0 Å². The second-order valence-electron chi connectivity index (χ2n) is 10.0. The highest BCUT2D eigenvalue weighted by molar-refractivity contribution is 7.81. The molecule has 0 fully saturated rings. The smallest absolute Gasteiger partial charge is 0.127 e. The van der Waals surface area contributed by atoms with Crippen LogP contribution in [0.4, 0.5) is 0 Å². The molecule has 0 saturated carbocycles. The van der Waals surface area contributed by atoms with E-state index in [2.05, 4.69) is 48.5 Å². The average molecular weight is 615 g/mol. The summed E-state index contributed by atoms with van der Waals surface area (Å²) >= 11 is 0. The lowest BCUT2D eigenvalue weighted by atomic mass is 10.0. The van der Waals surface area contributed by atoms with E-state index < -0.39 is 15.8 Å². The lowest BCUT2D eigenvalue weighted by Crippen LogP contribution is -2.27. The molecule has 0 spiro atoms. The van der Waals surface area contributed by atoms with Gasteiger partial charge in [-0.25, -0.2) is 0 Å². The second kappa shape index (κ2) is 13.3. The molecule has 0 heterocycles. The first-order chi connectivity index (χ1) is 21.6. The summed E-state index contributed by atoms with van der Waals surface area (Å²) in [6.07, 6.45) is 0. The molecule has 0 aliphatic rings. The monoisotopic (exact) mass is 614 g/mol. The number of rotatable bonds is 9. The summed E-state index contributed by atoms with van der Waals surface area (Å²) in [6, 6.07) is 48.0. The highest BCUT2D eigenvalue weighted by atomic mass is 31.1. The first kappa shape index (κ1) is 29.5. The Hall–Kier alpha value is -4.62. The van der Waals surface area contributed by atoms with Crippen LogP contribution in [0.25, 0.3) is 11.1 Å². The average Bonchev–Trinajstić information content (AvgIpc) is 3.08. The molecular formula is C38H32O4P2. The normalized spacial score (nSPS) is 11.1. The molecule has 0 saturated heterocycles. The van der Waals surface area contributed by atoms with Crippen molar-refractivity contribution in [3.8, 4) is 34.1 Å². The summed E-state index contributed by atoms with van der Waals surface area (Å²) in [5.41, 5.74) is 1.40. The molecule has 2 N–H and O–H groups in total. The maximum atomic E-state index is 11.8. The first-order valence-corrected chi connectivity index (χ1v) is 16.9. The molecule has 6 rings (SSSR count). The van der Waals surface area contributed by atoms with E-state index in [-0.39, 0.29) is 11.5 Å². The number of methoxy groups -OCH3 is 2. The third-order valence-electron chi connectivity index (χ3n) is 7.43. The fourth-order valence-corrected chi connectivity index (χ4v) is 10.5. The van der Waals surface area contributed by atoms with Crippen LogP contribution in [0.5, 0.6) is 23.0 Å². The van der Waals surface area contributed by atoms with E-state index in [0.29, 0.717) is 22.6 Å². The zero-order valence-corrected chi connectivity index (χ0v) is 26.3. The molecule has 0 unspecified atom stereocenters. The Balaban J connectivity index is 1.75. The van der Waals surface area contributed by atoms with Gasteiger partial charge in [0.25, 0.3) is 0 Å². The fraction of sp³-hybridized carbons (Fsp3) is 0.0526. The van der Waals surface area contributed by atoms with Gasteiger partial charge in [-0.15, -0.1) is 0 Å². The van der Waals surface area contributed by atoms with E-state index in [9.17, 15) is 10.2 Å². The van der Waals surface area contributed by atoms with Crippen molar-refractivity contribution in [2.24, 2.45) is 0 Å². The Morgan fingerprint density at radius 2 is 0.659 bits per heavy atom. The van der Waals surface area contributed by atoms with E-state index in [1.54, 1.807) is 38.5 Å². The van der Waals surface area contributed by atoms with Gasteiger partial charge < -0.3 is 19.7 Å². The van der Waals surface area contributed by atoms with Crippen LogP contribution in [0.15, 0.2) is 146 Å². The van der Waals surface area contributed by atoms with Crippen molar-refractivity contribution in [1.29, 1.82) is 0 Å². The molecular weight excluding hydrogens is 582 g/mol. The Labute approximate surface area is 260 Å². The van der Waals surface area contributed by atoms with Gasteiger partial charge in [0.1, 0.15) is 23.0 Å². The lowest BCUT2D eigenvalue weighted by molar-refractivity contribution is 0.408. The number of phenolic OH excluding ortho intramolecular Hbond substituents is 2. The minimum absolute atomic E-state index is 0.153. The Bertz CT molecular complexity index is 1630. The Morgan fingerprint density at radius 3 is 0.909 bits per heavy atom. The molecule has 44 heavy (non-hydrogen) atoms. The van der Waals surface area contributed by atoms with Gasteiger partial charge in [-0.2, -0.15) is 0 Å².